The first kappa shape index (κ1) is 29.7. The summed E-state index contributed by atoms with van der Waals surface area (Å²) in [5.74, 6) is -0.485. The van der Waals surface area contributed by atoms with Gasteiger partial charge in [0.2, 0.25) is 5.91 Å². The Labute approximate surface area is 251 Å². The minimum atomic E-state index is -4.39. The molecular formula is C31H33ClFN5O3S. The summed E-state index contributed by atoms with van der Waals surface area (Å²) in [6.07, 6.45) is 1.27. The van der Waals surface area contributed by atoms with Crippen LogP contribution in [0.3, 0.4) is 0 Å². The number of hydrogen-bond donors (Lipinski definition) is 0. The number of hydrogen-bond acceptors (Lipinski definition) is 5. The van der Waals surface area contributed by atoms with Gasteiger partial charge in [0, 0.05) is 30.7 Å². The zero-order valence-corrected chi connectivity index (χ0v) is 25.7. The molecule has 0 bridgehead atoms. The molecule has 2 aliphatic heterocycles. The van der Waals surface area contributed by atoms with Crippen LogP contribution in [0, 0.1) is 5.82 Å². The number of aromatic nitrogens is 1. The highest BCUT2D eigenvalue weighted by Crippen LogP contribution is 2.44. The van der Waals surface area contributed by atoms with Crippen molar-refractivity contribution < 1.29 is 17.6 Å². The van der Waals surface area contributed by atoms with Gasteiger partial charge >= 0.3 is 10.2 Å². The van der Waals surface area contributed by atoms with Crippen LogP contribution >= 0.6 is 11.6 Å². The average molecular weight is 610 g/mol. The summed E-state index contributed by atoms with van der Waals surface area (Å²) in [4.78, 5) is 20.8. The monoisotopic (exact) mass is 609 g/mol. The number of benzene rings is 2. The number of nitrogens with zero attached hydrogens (tertiary/aromatic N) is 5. The number of amidine groups is 1. The summed E-state index contributed by atoms with van der Waals surface area (Å²) in [6.45, 7) is 14.0. The molecule has 11 heteroatoms. The highest BCUT2D eigenvalue weighted by atomic mass is 35.5. The first-order chi connectivity index (χ1) is 19.7. The number of carbonyl (C=O) groups is 1. The maximum atomic E-state index is 15.0. The molecule has 42 heavy (non-hydrogen) atoms. The Kier molecular flexibility index (Phi) is 7.66. The summed E-state index contributed by atoms with van der Waals surface area (Å²) in [7, 11) is -4.39. The van der Waals surface area contributed by atoms with Gasteiger partial charge < -0.3 is 9.80 Å². The van der Waals surface area contributed by atoms with Crippen molar-refractivity contribution in [3.05, 3.63) is 89.2 Å². The van der Waals surface area contributed by atoms with Gasteiger partial charge in [0.1, 0.15) is 5.82 Å². The third-order valence-corrected chi connectivity index (χ3v) is 9.12. The molecule has 0 saturated carbocycles. The van der Waals surface area contributed by atoms with E-state index in [1.165, 1.54) is 12.1 Å². The molecule has 0 spiro atoms. The molecule has 1 saturated heterocycles. The average Bonchev–Trinajstić information content (AvgIpc) is 2.93. The van der Waals surface area contributed by atoms with Gasteiger partial charge in [0.15, 0.2) is 11.7 Å². The Hall–Kier alpha value is -3.76. The number of amides is 1. The summed E-state index contributed by atoms with van der Waals surface area (Å²) in [5, 5.41) is 0.149. The van der Waals surface area contributed by atoms with E-state index in [1.54, 1.807) is 41.3 Å². The van der Waals surface area contributed by atoms with Crippen molar-refractivity contribution in [2.45, 2.75) is 52.1 Å². The fourth-order valence-corrected chi connectivity index (χ4v) is 7.05. The van der Waals surface area contributed by atoms with Crippen molar-refractivity contribution in [1.82, 2.24) is 14.8 Å². The van der Waals surface area contributed by atoms with Crippen LogP contribution in [-0.4, -0.2) is 60.1 Å². The molecule has 1 amide bonds. The lowest BCUT2D eigenvalue weighted by atomic mass is 9.86. The van der Waals surface area contributed by atoms with E-state index in [2.05, 4.69) is 11.0 Å². The van der Waals surface area contributed by atoms with E-state index in [1.807, 2.05) is 51.7 Å². The first-order valence-electron chi connectivity index (χ1n) is 13.6. The Morgan fingerprint density at radius 1 is 1.05 bits per heavy atom. The zero-order chi connectivity index (χ0) is 30.6. The van der Waals surface area contributed by atoms with Crippen molar-refractivity contribution in [2.75, 3.05) is 17.4 Å². The number of para-hydroxylation sites is 1. The third kappa shape index (κ3) is 5.18. The van der Waals surface area contributed by atoms with Crippen LogP contribution in [0.1, 0.15) is 45.7 Å². The fraction of sp³-hybridized carbons (Fsp3) is 0.323. The van der Waals surface area contributed by atoms with E-state index in [0.29, 0.717) is 24.3 Å². The van der Waals surface area contributed by atoms with Crippen LogP contribution in [0.2, 0.25) is 5.02 Å². The van der Waals surface area contributed by atoms with Gasteiger partial charge in [0.05, 0.1) is 22.0 Å². The second-order valence-electron chi connectivity index (χ2n) is 11.6. The van der Waals surface area contributed by atoms with Crippen molar-refractivity contribution in [3.8, 4) is 11.3 Å². The van der Waals surface area contributed by atoms with Gasteiger partial charge in [-0.2, -0.15) is 8.42 Å². The second-order valence-corrected chi connectivity index (χ2v) is 13.5. The van der Waals surface area contributed by atoms with Crippen LogP contribution in [0.4, 0.5) is 15.9 Å². The van der Waals surface area contributed by atoms with Crippen LogP contribution < -0.4 is 4.31 Å². The smallest absolute Gasteiger partial charge is 0.349 e. The SMILES string of the molecule is C=CC(=O)N1C[C@H](C)N(C2=NS(=O)(=O)N(c3ccccc3C(C)(C)C)c3nc(-c4ccccc4F)c(Cl)cc32)C[C@H]1C. The molecule has 0 aliphatic carbocycles. The lowest BCUT2D eigenvalue weighted by Crippen LogP contribution is -2.60. The van der Waals surface area contributed by atoms with Gasteiger partial charge in [-0.1, -0.05) is 69.3 Å². The molecular weight excluding hydrogens is 577 g/mol. The van der Waals surface area contributed by atoms with Crippen molar-refractivity contribution in [3.63, 3.8) is 0 Å². The normalized spacial score (nSPS) is 20.2. The standard InChI is InChI=1S/C31H33ClFN5O3S/c1-7-27(39)36-17-20(3)37(18-19(36)2)30-22-16-24(32)28(21-12-8-10-14-25(21)33)34-29(22)38(42(40,41)35-30)26-15-11-9-13-23(26)31(4,5)6/h7-16,19-20H,1,17-18H2,2-6H3/t19-,20+/m1/s1. The predicted molar refractivity (Wildman–Crippen MR) is 165 cm³/mol. The van der Waals surface area contributed by atoms with E-state index in [4.69, 9.17) is 16.6 Å². The van der Waals surface area contributed by atoms with E-state index in [0.717, 1.165) is 9.87 Å². The maximum Gasteiger partial charge on any atom is 0.352 e. The number of rotatable bonds is 3. The van der Waals surface area contributed by atoms with Gasteiger partial charge in [-0.3, -0.25) is 4.79 Å². The number of anilines is 2. The molecule has 1 fully saturated rings. The maximum absolute atomic E-state index is 15.0. The number of pyridine rings is 1. The molecule has 1 aromatic heterocycles. The molecule has 3 heterocycles. The number of piperazine rings is 1. The van der Waals surface area contributed by atoms with Crippen LogP contribution in [-0.2, 0) is 20.4 Å². The van der Waals surface area contributed by atoms with Crippen LogP contribution in [0.15, 0.2) is 71.6 Å². The van der Waals surface area contributed by atoms with Gasteiger partial charge in [-0.25, -0.2) is 13.7 Å². The molecule has 8 nitrogen and oxygen atoms in total. The summed E-state index contributed by atoms with van der Waals surface area (Å²) in [5.41, 5.74) is 1.39. The molecule has 3 aromatic rings. The largest absolute Gasteiger partial charge is 0.352 e. The molecule has 0 N–H and O–H groups in total. The Morgan fingerprint density at radius 3 is 2.38 bits per heavy atom. The minimum absolute atomic E-state index is 0.0730. The van der Waals surface area contributed by atoms with E-state index in [9.17, 15) is 17.6 Å². The second kappa shape index (κ2) is 10.8. The molecule has 2 aromatic carbocycles. The summed E-state index contributed by atoms with van der Waals surface area (Å²) < 4.78 is 48.8. The Morgan fingerprint density at radius 2 is 1.71 bits per heavy atom. The lowest BCUT2D eigenvalue weighted by molar-refractivity contribution is -0.130. The molecule has 0 radical (unpaired) electrons. The van der Waals surface area contributed by atoms with Gasteiger partial charge in [0.25, 0.3) is 0 Å². The summed E-state index contributed by atoms with van der Waals surface area (Å²) in [6, 6.07) is 14.3. The lowest BCUT2D eigenvalue weighted by Gasteiger charge is -2.46. The van der Waals surface area contributed by atoms with Crippen molar-refractivity contribution >= 4 is 45.1 Å². The topological polar surface area (TPSA) is 86.2 Å². The number of halogens is 2. The number of fused-ring (bicyclic) bond motifs is 1. The quantitative estimate of drug-likeness (QED) is 0.336. The first-order valence-corrected chi connectivity index (χ1v) is 15.4. The predicted octanol–water partition coefficient (Wildman–Crippen LogP) is 6.09. The highest BCUT2D eigenvalue weighted by Gasteiger charge is 2.42. The molecule has 2 atom stereocenters. The van der Waals surface area contributed by atoms with E-state index >= 15 is 0 Å². The van der Waals surface area contributed by atoms with Gasteiger partial charge in [-0.15, -0.1) is 4.40 Å². The third-order valence-electron chi connectivity index (χ3n) is 7.60. The zero-order valence-electron chi connectivity index (χ0n) is 24.2. The molecule has 0 unspecified atom stereocenters. The van der Waals surface area contributed by atoms with Crippen LogP contribution in [0.5, 0.6) is 0 Å². The fourth-order valence-electron chi connectivity index (χ4n) is 5.53. The van der Waals surface area contributed by atoms with Gasteiger partial charge in [-0.05, 0) is 55.2 Å². The van der Waals surface area contributed by atoms with Crippen molar-refractivity contribution in [1.29, 1.82) is 0 Å². The number of carbonyl (C=O) groups excluding carboxylic acids is 1. The Balaban J connectivity index is 1.76. The molecule has 220 valence electrons. The summed E-state index contributed by atoms with van der Waals surface area (Å²) >= 11 is 6.75. The van der Waals surface area contributed by atoms with Crippen LogP contribution in [0.25, 0.3) is 11.3 Å². The molecule has 2 aliphatic rings. The van der Waals surface area contributed by atoms with Crippen molar-refractivity contribution in [2.24, 2.45) is 4.40 Å². The highest BCUT2D eigenvalue weighted by molar-refractivity contribution is 7.92. The van der Waals surface area contributed by atoms with E-state index in [-0.39, 0.29) is 45.9 Å². The minimum Gasteiger partial charge on any atom is -0.349 e. The van der Waals surface area contributed by atoms with E-state index < -0.39 is 21.4 Å². The molecule has 5 rings (SSSR count). The Bertz CT molecular complexity index is 1720.